The minimum absolute atomic E-state index is 1.04. The van der Waals surface area contributed by atoms with Crippen molar-refractivity contribution in [2.24, 2.45) is 0 Å². The van der Waals surface area contributed by atoms with Crippen molar-refractivity contribution in [2.75, 3.05) is 0 Å². The summed E-state index contributed by atoms with van der Waals surface area (Å²) >= 11 is 0. The fourth-order valence-corrected chi connectivity index (χ4v) is 5.41. The van der Waals surface area contributed by atoms with Crippen molar-refractivity contribution in [3.05, 3.63) is 0 Å². The molecule has 0 atom stereocenters. The van der Waals surface area contributed by atoms with Gasteiger partial charge in [-0.05, 0) is 0 Å². The van der Waals surface area contributed by atoms with Crippen LogP contribution < -0.4 is 0 Å². The summed E-state index contributed by atoms with van der Waals surface area (Å²) in [4.78, 5) is 0. The Labute approximate surface area is 180 Å². The third-order valence-corrected chi connectivity index (χ3v) is 7.32. The molecule has 1 aliphatic carbocycles. The van der Waals surface area contributed by atoms with Crippen LogP contribution in [0.1, 0.15) is 162 Å². The molecule has 0 amide bonds. The van der Waals surface area contributed by atoms with E-state index in [0.717, 1.165) is 11.6 Å². The smallest absolute Gasteiger partial charge is 0.0654 e. The van der Waals surface area contributed by atoms with Crippen LogP contribution in [0.5, 0.6) is 0 Å². The highest BCUT2D eigenvalue weighted by atomic mass is 14.1. The summed E-state index contributed by atoms with van der Waals surface area (Å²) in [5.74, 6) is 2.09. The molecule has 1 saturated carbocycles. The number of unbranched alkanes of at least 4 members (excludes halogenated alkanes) is 8. The third-order valence-electron chi connectivity index (χ3n) is 7.32. The molecule has 0 radical (unpaired) electrons. The normalized spacial score (nSPS) is 18.0. The van der Waals surface area contributed by atoms with Crippen molar-refractivity contribution < 1.29 is 0 Å². The highest BCUT2D eigenvalue weighted by Gasteiger charge is 2.18. The van der Waals surface area contributed by atoms with Crippen molar-refractivity contribution >= 4 is 7.28 Å². The monoisotopic (exact) mass is 390 g/mol. The van der Waals surface area contributed by atoms with E-state index in [0.29, 0.717) is 0 Å². The van der Waals surface area contributed by atoms with E-state index in [1.807, 2.05) is 0 Å². The van der Waals surface area contributed by atoms with Gasteiger partial charge in [0.15, 0.2) is 0 Å². The van der Waals surface area contributed by atoms with E-state index in [4.69, 9.17) is 0 Å². The van der Waals surface area contributed by atoms with E-state index in [1.54, 1.807) is 20.1 Å². The van der Waals surface area contributed by atoms with E-state index < -0.39 is 0 Å². The molecule has 1 rings (SSSR count). The van der Waals surface area contributed by atoms with Crippen LogP contribution in [0, 0.1) is 0 Å². The molecule has 28 heavy (non-hydrogen) atoms. The van der Waals surface area contributed by atoms with Crippen molar-refractivity contribution in [2.45, 2.75) is 173 Å². The molecule has 0 saturated heterocycles. The molecule has 1 heteroatoms. The molecule has 0 heterocycles. The van der Waals surface area contributed by atoms with Crippen LogP contribution in [0.2, 0.25) is 11.6 Å². The summed E-state index contributed by atoms with van der Waals surface area (Å²) in [7, 11) is 1.57. The van der Waals surface area contributed by atoms with Gasteiger partial charge in [0.2, 0.25) is 0 Å². The number of rotatable bonds is 14. The summed E-state index contributed by atoms with van der Waals surface area (Å²) in [5.41, 5.74) is 0. The molecule has 0 nitrogen and oxygen atoms in total. The molecule has 1 fully saturated rings. The second kappa shape index (κ2) is 20.3. The molecule has 1 aliphatic rings. The standard InChI is InChI=1S/C27H55B/c1-3-5-7-14-18-22-26(23-19-15-8-6-4-2)28-27-24-20-16-12-10-9-11-13-17-21-25-27/h26-28H,3-25H2,1-2H3. The highest BCUT2D eigenvalue weighted by Crippen LogP contribution is 2.32. The van der Waals surface area contributed by atoms with Gasteiger partial charge in [-0.15, -0.1) is 0 Å². The van der Waals surface area contributed by atoms with Gasteiger partial charge in [0.25, 0.3) is 0 Å². The molecule has 0 aliphatic heterocycles. The van der Waals surface area contributed by atoms with Gasteiger partial charge >= 0.3 is 0 Å². The molecular weight excluding hydrogens is 335 g/mol. The van der Waals surface area contributed by atoms with E-state index in [1.165, 1.54) is 135 Å². The molecule has 0 unspecified atom stereocenters. The van der Waals surface area contributed by atoms with Gasteiger partial charge in [-0.3, -0.25) is 0 Å². The highest BCUT2D eigenvalue weighted by molar-refractivity contribution is 6.39. The molecule has 0 bridgehead atoms. The predicted octanol–water partition coefficient (Wildman–Crippen LogP) is 10.0. The maximum atomic E-state index is 2.34. The average Bonchev–Trinajstić information content (AvgIpc) is 2.69. The molecule has 0 aromatic carbocycles. The minimum Gasteiger partial charge on any atom is -0.0654 e. The van der Waals surface area contributed by atoms with E-state index in [-0.39, 0.29) is 0 Å². The summed E-state index contributed by atoms with van der Waals surface area (Å²) in [6, 6.07) is 0. The van der Waals surface area contributed by atoms with Gasteiger partial charge in [0, 0.05) is 0 Å². The van der Waals surface area contributed by atoms with E-state index in [9.17, 15) is 0 Å². The van der Waals surface area contributed by atoms with Crippen molar-refractivity contribution in [1.29, 1.82) is 0 Å². The Kier molecular flexibility index (Phi) is 19.0. The number of hydrogen-bond donors (Lipinski definition) is 0. The predicted molar refractivity (Wildman–Crippen MR) is 132 cm³/mol. The van der Waals surface area contributed by atoms with Crippen LogP contribution in [0.3, 0.4) is 0 Å². The minimum atomic E-state index is 1.04. The van der Waals surface area contributed by atoms with Gasteiger partial charge in [-0.2, -0.15) is 0 Å². The molecule has 166 valence electrons. The van der Waals surface area contributed by atoms with Gasteiger partial charge in [0.1, 0.15) is 7.28 Å². The lowest BCUT2D eigenvalue weighted by Gasteiger charge is -2.23. The third kappa shape index (κ3) is 15.9. The Hall–Kier alpha value is 0.0649. The Morgan fingerprint density at radius 2 is 0.929 bits per heavy atom. The zero-order valence-corrected chi connectivity index (χ0v) is 20.1. The summed E-state index contributed by atoms with van der Waals surface area (Å²) in [6.45, 7) is 4.67. The van der Waals surface area contributed by atoms with Crippen LogP contribution in [0.4, 0.5) is 0 Å². The van der Waals surface area contributed by atoms with Gasteiger partial charge in [-0.1, -0.05) is 173 Å². The van der Waals surface area contributed by atoms with Crippen molar-refractivity contribution in [1.82, 2.24) is 0 Å². The zero-order valence-electron chi connectivity index (χ0n) is 20.1. The first-order chi connectivity index (χ1) is 13.9. The van der Waals surface area contributed by atoms with Crippen LogP contribution in [0.15, 0.2) is 0 Å². The van der Waals surface area contributed by atoms with Crippen LogP contribution in [0.25, 0.3) is 0 Å². The summed E-state index contributed by atoms with van der Waals surface area (Å²) in [5, 5.41) is 0. The first-order valence-corrected chi connectivity index (χ1v) is 13.9. The molecule has 0 aromatic heterocycles. The van der Waals surface area contributed by atoms with Crippen LogP contribution >= 0.6 is 0 Å². The second-order valence-electron chi connectivity index (χ2n) is 10.1. The molecule has 0 spiro atoms. The number of hydrogen-bond acceptors (Lipinski definition) is 0. The fourth-order valence-electron chi connectivity index (χ4n) is 5.41. The van der Waals surface area contributed by atoms with E-state index in [2.05, 4.69) is 13.8 Å². The van der Waals surface area contributed by atoms with E-state index >= 15 is 0 Å². The van der Waals surface area contributed by atoms with Crippen LogP contribution in [-0.4, -0.2) is 7.28 Å². The molecular formula is C27H55B. The second-order valence-corrected chi connectivity index (χ2v) is 10.1. The van der Waals surface area contributed by atoms with Gasteiger partial charge in [0.05, 0.1) is 0 Å². The zero-order chi connectivity index (χ0) is 20.1. The lowest BCUT2D eigenvalue weighted by molar-refractivity contribution is 0.493. The maximum absolute atomic E-state index is 2.34. The lowest BCUT2D eigenvalue weighted by Crippen LogP contribution is -2.13. The Balaban J connectivity index is 2.40. The first-order valence-electron chi connectivity index (χ1n) is 13.9. The van der Waals surface area contributed by atoms with Gasteiger partial charge < -0.3 is 0 Å². The maximum Gasteiger partial charge on any atom is 0.127 e. The van der Waals surface area contributed by atoms with Gasteiger partial charge in [-0.25, -0.2) is 0 Å². The Bertz CT molecular complexity index is 275. The Morgan fingerprint density at radius 3 is 1.36 bits per heavy atom. The Morgan fingerprint density at radius 1 is 0.536 bits per heavy atom. The molecule has 0 N–H and O–H groups in total. The van der Waals surface area contributed by atoms with Crippen LogP contribution in [-0.2, 0) is 0 Å². The lowest BCUT2D eigenvalue weighted by atomic mass is 9.50. The van der Waals surface area contributed by atoms with Crippen molar-refractivity contribution in [3.8, 4) is 0 Å². The quantitative estimate of drug-likeness (QED) is 0.204. The first kappa shape index (κ1) is 26.1. The SMILES string of the molecule is CCCCCCCC(BC1CCCCCCCCCCC1)CCCCCCC. The molecule has 0 aromatic rings. The summed E-state index contributed by atoms with van der Waals surface area (Å²) < 4.78 is 0. The largest absolute Gasteiger partial charge is 0.127 e. The fraction of sp³-hybridized carbons (Fsp3) is 1.00. The summed E-state index contributed by atoms with van der Waals surface area (Å²) in [6.07, 6.45) is 34.3. The topological polar surface area (TPSA) is 0 Å². The van der Waals surface area contributed by atoms with Crippen molar-refractivity contribution in [3.63, 3.8) is 0 Å². The average molecular weight is 391 g/mol.